The van der Waals surface area contributed by atoms with Crippen LogP contribution in [0.4, 0.5) is 16.2 Å². The largest absolute Gasteiger partial charge is 0.490 e. The summed E-state index contributed by atoms with van der Waals surface area (Å²) in [5.74, 6) is 1.37. The monoisotopic (exact) mass is 312 g/mol. The average molecular weight is 312 g/mol. The van der Waals surface area contributed by atoms with Gasteiger partial charge in [0.1, 0.15) is 0 Å². The lowest BCUT2D eigenvalue weighted by atomic mass is 10.1. The summed E-state index contributed by atoms with van der Waals surface area (Å²) in [5, 5.41) is 5.65. The highest BCUT2D eigenvalue weighted by atomic mass is 16.5. The molecule has 0 aliphatic carbocycles. The minimum Gasteiger partial charge on any atom is -0.490 e. The van der Waals surface area contributed by atoms with Gasteiger partial charge in [-0.2, -0.15) is 0 Å². The Morgan fingerprint density at radius 1 is 1.00 bits per heavy atom. The zero-order valence-electron chi connectivity index (χ0n) is 13.1. The Bertz CT molecular complexity index is 700. The third-order valence-electron chi connectivity index (χ3n) is 3.60. The van der Waals surface area contributed by atoms with Crippen LogP contribution >= 0.6 is 0 Å². The molecule has 2 N–H and O–H groups in total. The predicted octanol–water partition coefficient (Wildman–Crippen LogP) is 4.05. The van der Waals surface area contributed by atoms with Crippen molar-refractivity contribution >= 4 is 17.4 Å². The number of urea groups is 1. The van der Waals surface area contributed by atoms with Crippen molar-refractivity contribution in [2.45, 2.75) is 19.8 Å². The van der Waals surface area contributed by atoms with Crippen molar-refractivity contribution < 1.29 is 14.3 Å². The summed E-state index contributed by atoms with van der Waals surface area (Å²) in [5.41, 5.74) is 2.62. The molecule has 0 unspecified atom stereocenters. The van der Waals surface area contributed by atoms with Gasteiger partial charge < -0.3 is 20.1 Å². The molecular formula is C18H20N2O3. The van der Waals surface area contributed by atoms with Crippen molar-refractivity contribution in [2.75, 3.05) is 23.8 Å². The number of fused-ring (bicyclic) bond motifs is 1. The van der Waals surface area contributed by atoms with E-state index in [-0.39, 0.29) is 6.03 Å². The van der Waals surface area contributed by atoms with Crippen molar-refractivity contribution in [3.8, 4) is 11.5 Å². The molecule has 2 amide bonds. The molecule has 1 heterocycles. The molecule has 5 heteroatoms. The normalized spacial score (nSPS) is 13.1. The molecule has 2 aromatic carbocycles. The lowest BCUT2D eigenvalue weighted by molar-refractivity contribution is 0.262. The van der Waals surface area contributed by atoms with E-state index in [2.05, 4.69) is 17.6 Å². The van der Waals surface area contributed by atoms with Gasteiger partial charge in [0.05, 0.1) is 13.2 Å². The van der Waals surface area contributed by atoms with Crippen LogP contribution in [0.5, 0.6) is 11.5 Å². The van der Waals surface area contributed by atoms with E-state index in [0.717, 1.165) is 18.5 Å². The summed E-state index contributed by atoms with van der Waals surface area (Å²) >= 11 is 0. The molecule has 0 saturated heterocycles. The van der Waals surface area contributed by atoms with E-state index in [1.54, 1.807) is 12.1 Å². The number of rotatable bonds is 3. The first-order valence-electron chi connectivity index (χ1n) is 7.81. The molecule has 0 aromatic heterocycles. The summed E-state index contributed by atoms with van der Waals surface area (Å²) in [6.45, 7) is 3.34. The Morgan fingerprint density at radius 2 is 1.74 bits per heavy atom. The van der Waals surface area contributed by atoms with Crippen LogP contribution in [0.2, 0.25) is 0 Å². The van der Waals surface area contributed by atoms with E-state index in [9.17, 15) is 4.79 Å². The molecule has 0 fully saturated rings. The van der Waals surface area contributed by atoms with E-state index >= 15 is 0 Å². The molecule has 0 saturated carbocycles. The van der Waals surface area contributed by atoms with Gasteiger partial charge in [0.2, 0.25) is 0 Å². The van der Waals surface area contributed by atoms with Crippen LogP contribution in [0.25, 0.3) is 0 Å². The van der Waals surface area contributed by atoms with Crippen LogP contribution in [-0.4, -0.2) is 19.2 Å². The van der Waals surface area contributed by atoms with Crippen molar-refractivity contribution in [2.24, 2.45) is 0 Å². The van der Waals surface area contributed by atoms with E-state index in [1.807, 2.05) is 30.3 Å². The zero-order valence-corrected chi connectivity index (χ0v) is 13.1. The molecule has 0 bridgehead atoms. The summed E-state index contributed by atoms with van der Waals surface area (Å²) in [7, 11) is 0. The fraction of sp³-hybridized carbons (Fsp3) is 0.278. The fourth-order valence-electron chi connectivity index (χ4n) is 2.40. The van der Waals surface area contributed by atoms with Crippen LogP contribution in [0, 0.1) is 0 Å². The predicted molar refractivity (Wildman–Crippen MR) is 90.5 cm³/mol. The maximum absolute atomic E-state index is 12.1. The van der Waals surface area contributed by atoms with Crippen molar-refractivity contribution in [3.05, 3.63) is 48.0 Å². The van der Waals surface area contributed by atoms with Gasteiger partial charge in [0.15, 0.2) is 11.5 Å². The van der Waals surface area contributed by atoms with Gasteiger partial charge >= 0.3 is 6.03 Å². The number of aryl methyl sites for hydroxylation is 1. The van der Waals surface area contributed by atoms with Crippen molar-refractivity contribution in [3.63, 3.8) is 0 Å². The second-order valence-electron chi connectivity index (χ2n) is 5.35. The van der Waals surface area contributed by atoms with Gasteiger partial charge in [0, 0.05) is 23.9 Å². The van der Waals surface area contributed by atoms with Crippen LogP contribution in [0.1, 0.15) is 18.9 Å². The lowest BCUT2D eigenvalue weighted by Gasteiger charge is -2.11. The molecule has 0 atom stereocenters. The highest BCUT2D eigenvalue weighted by molar-refractivity contribution is 6.00. The minimum absolute atomic E-state index is 0.284. The Labute approximate surface area is 135 Å². The van der Waals surface area contributed by atoms with Gasteiger partial charge in [-0.15, -0.1) is 0 Å². The summed E-state index contributed by atoms with van der Waals surface area (Å²) in [6.07, 6.45) is 1.78. The SMILES string of the molecule is CCc1cccc(NC(=O)Nc2ccc3c(c2)OCCCO3)c1. The van der Waals surface area contributed by atoms with Crippen molar-refractivity contribution in [1.82, 2.24) is 0 Å². The number of hydrogen-bond donors (Lipinski definition) is 2. The summed E-state index contributed by atoms with van der Waals surface area (Å²) in [4.78, 5) is 12.1. The highest BCUT2D eigenvalue weighted by Gasteiger charge is 2.12. The Balaban J connectivity index is 1.66. The van der Waals surface area contributed by atoms with Crippen LogP contribution in [-0.2, 0) is 6.42 Å². The zero-order chi connectivity index (χ0) is 16.1. The van der Waals surface area contributed by atoms with E-state index in [1.165, 1.54) is 5.56 Å². The smallest absolute Gasteiger partial charge is 0.323 e. The Morgan fingerprint density at radius 3 is 2.52 bits per heavy atom. The molecule has 120 valence electrons. The molecule has 0 radical (unpaired) electrons. The van der Waals surface area contributed by atoms with Crippen LogP contribution in [0.3, 0.4) is 0 Å². The lowest BCUT2D eigenvalue weighted by Crippen LogP contribution is -2.19. The quantitative estimate of drug-likeness (QED) is 0.898. The summed E-state index contributed by atoms with van der Waals surface area (Å²) in [6, 6.07) is 12.9. The third kappa shape index (κ3) is 3.94. The number of anilines is 2. The second-order valence-corrected chi connectivity index (χ2v) is 5.35. The Hall–Kier alpha value is -2.69. The number of carbonyl (C=O) groups excluding carboxylic acids is 1. The van der Waals surface area contributed by atoms with E-state index < -0.39 is 0 Å². The first-order valence-corrected chi connectivity index (χ1v) is 7.81. The maximum atomic E-state index is 12.1. The summed E-state index contributed by atoms with van der Waals surface area (Å²) < 4.78 is 11.2. The number of ether oxygens (including phenoxy) is 2. The molecule has 1 aliphatic heterocycles. The minimum atomic E-state index is -0.284. The number of benzene rings is 2. The first-order chi connectivity index (χ1) is 11.2. The first kappa shape index (κ1) is 15.2. The fourth-order valence-corrected chi connectivity index (χ4v) is 2.40. The van der Waals surface area contributed by atoms with Gasteiger partial charge in [-0.3, -0.25) is 0 Å². The Kier molecular flexibility index (Phi) is 4.66. The average Bonchev–Trinajstić information content (AvgIpc) is 2.79. The molecule has 2 aromatic rings. The van der Waals surface area contributed by atoms with Gasteiger partial charge in [-0.05, 0) is 36.2 Å². The second kappa shape index (κ2) is 7.05. The molecule has 1 aliphatic rings. The van der Waals surface area contributed by atoms with Crippen LogP contribution in [0.15, 0.2) is 42.5 Å². The standard InChI is InChI=1S/C18H20N2O3/c1-2-13-5-3-6-14(11-13)19-18(21)20-15-7-8-16-17(12-15)23-10-4-9-22-16/h3,5-8,11-12H,2,4,9-10H2,1H3,(H2,19,20,21). The topological polar surface area (TPSA) is 59.6 Å². The third-order valence-corrected chi connectivity index (χ3v) is 3.60. The van der Waals surface area contributed by atoms with Crippen LogP contribution < -0.4 is 20.1 Å². The number of amides is 2. The molecule has 5 nitrogen and oxygen atoms in total. The molecule has 23 heavy (non-hydrogen) atoms. The van der Waals surface area contributed by atoms with E-state index in [4.69, 9.17) is 9.47 Å². The van der Waals surface area contributed by atoms with Gasteiger partial charge in [-0.1, -0.05) is 19.1 Å². The molecule has 3 rings (SSSR count). The molecular weight excluding hydrogens is 292 g/mol. The number of carbonyl (C=O) groups is 1. The van der Waals surface area contributed by atoms with Gasteiger partial charge in [0.25, 0.3) is 0 Å². The van der Waals surface area contributed by atoms with E-state index in [0.29, 0.717) is 30.4 Å². The van der Waals surface area contributed by atoms with Gasteiger partial charge in [-0.25, -0.2) is 4.79 Å². The maximum Gasteiger partial charge on any atom is 0.323 e. The highest BCUT2D eigenvalue weighted by Crippen LogP contribution is 2.32. The number of nitrogens with one attached hydrogen (secondary N) is 2. The van der Waals surface area contributed by atoms with Crippen molar-refractivity contribution in [1.29, 1.82) is 0 Å². The molecule has 0 spiro atoms. The number of hydrogen-bond acceptors (Lipinski definition) is 3.